The van der Waals surface area contributed by atoms with Crippen LogP contribution in [0.15, 0.2) is 6.07 Å². The zero-order valence-electron chi connectivity index (χ0n) is 16.3. The van der Waals surface area contributed by atoms with Gasteiger partial charge in [0.25, 0.3) is 0 Å². The Kier molecular flexibility index (Phi) is 6.51. The first kappa shape index (κ1) is 19.1. The Hall–Kier alpha value is -1.63. The van der Waals surface area contributed by atoms with Crippen LogP contribution in [0.1, 0.15) is 52.9 Å². The first-order valence-corrected chi connectivity index (χ1v) is 10.4. The molecule has 2 fully saturated rings. The minimum absolute atomic E-state index is 0.281. The largest absolute Gasteiger partial charge is 0.360 e. The molecule has 0 aromatic carbocycles. The molecule has 1 aromatic rings. The Morgan fingerprint density at radius 2 is 1.62 bits per heavy atom. The number of hydrogen-bond donors (Lipinski definition) is 2. The average molecular weight is 377 g/mol. The maximum Gasteiger partial charge on any atom is 0.232 e. The highest BCUT2D eigenvalue weighted by molar-refractivity contribution is 7.80. The molecule has 26 heavy (non-hydrogen) atoms. The minimum Gasteiger partial charge on any atom is -0.360 e. The first-order chi connectivity index (χ1) is 12.5. The molecule has 2 aliphatic rings. The zero-order valence-corrected chi connectivity index (χ0v) is 17.1. The van der Waals surface area contributed by atoms with E-state index in [2.05, 4.69) is 47.3 Å². The van der Waals surface area contributed by atoms with Gasteiger partial charge in [-0.3, -0.25) is 0 Å². The van der Waals surface area contributed by atoms with Gasteiger partial charge in [0.1, 0.15) is 11.6 Å². The molecule has 7 heteroatoms. The summed E-state index contributed by atoms with van der Waals surface area (Å²) in [6, 6.07) is 2.44. The van der Waals surface area contributed by atoms with Crippen LogP contribution in [0, 0.1) is 5.92 Å². The monoisotopic (exact) mass is 376 g/mol. The molecule has 0 unspecified atom stereocenters. The SMILES string of the molecule is CC1CCN(c2cc(N3CCCCC3)nc(NC(=S)NC(C)C)n2)CC1. The molecule has 1 aromatic heterocycles. The third-order valence-corrected chi connectivity index (χ3v) is 5.35. The van der Waals surface area contributed by atoms with Crippen molar-refractivity contribution in [1.82, 2.24) is 15.3 Å². The Bertz CT molecular complexity index is 606. The molecule has 0 aliphatic carbocycles. The molecule has 2 aliphatic heterocycles. The van der Waals surface area contributed by atoms with Crippen molar-refractivity contribution in [2.45, 2.75) is 58.9 Å². The molecule has 3 heterocycles. The standard InChI is InChI=1S/C19H32N6S/c1-14(2)20-19(26)23-18-21-16(24-9-5-4-6-10-24)13-17(22-18)25-11-7-15(3)8-12-25/h13-15H,4-12H2,1-3H3,(H2,20,21,22,23,26). The predicted molar refractivity (Wildman–Crippen MR) is 113 cm³/mol. The van der Waals surface area contributed by atoms with Gasteiger partial charge in [0.05, 0.1) is 0 Å². The van der Waals surface area contributed by atoms with E-state index in [1.54, 1.807) is 0 Å². The lowest BCUT2D eigenvalue weighted by molar-refractivity contribution is 0.436. The Morgan fingerprint density at radius 1 is 1.04 bits per heavy atom. The molecule has 0 amide bonds. The highest BCUT2D eigenvalue weighted by Crippen LogP contribution is 2.27. The topological polar surface area (TPSA) is 56.3 Å². The van der Waals surface area contributed by atoms with Crippen LogP contribution in [-0.4, -0.2) is 47.3 Å². The fourth-order valence-corrected chi connectivity index (χ4v) is 3.89. The molecule has 2 N–H and O–H groups in total. The molecular weight excluding hydrogens is 344 g/mol. The van der Waals surface area contributed by atoms with Crippen LogP contribution < -0.4 is 20.4 Å². The average Bonchev–Trinajstić information content (AvgIpc) is 2.62. The van der Waals surface area contributed by atoms with Crippen molar-refractivity contribution in [2.75, 3.05) is 41.3 Å². The summed E-state index contributed by atoms with van der Waals surface area (Å²) in [6.07, 6.45) is 6.22. The summed E-state index contributed by atoms with van der Waals surface area (Å²) in [5.74, 6) is 3.43. The van der Waals surface area contributed by atoms with Crippen molar-refractivity contribution in [2.24, 2.45) is 5.92 Å². The molecule has 0 spiro atoms. The maximum absolute atomic E-state index is 5.40. The second-order valence-electron chi connectivity index (χ2n) is 7.88. The number of hydrogen-bond acceptors (Lipinski definition) is 5. The van der Waals surface area contributed by atoms with Crippen molar-refractivity contribution in [3.05, 3.63) is 6.07 Å². The van der Waals surface area contributed by atoms with Gasteiger partial charge in [-0.25, -0.2) is 0 Å². The quantitative estimate of drug-likeness (QED) is 0.781. The lowest BCUT2D eigenvalue weighted by Crippen LogP contribution is -2.36. The van der Waals surface area contributed by atoms with E-state index in [4.69, 9.17) is 22.2 Å². The second kappa shape index (κ2) is 8.84. The third kappa shape index (κ3) is 5.19. The third-order valence-electron chi connectivity index (χ3n) is 5.13. The maximum atomic E-state index is 5.40. The smallest absolute Gasteiger partial charge is 0.232 e. The number of rotatable bonds is 4. The van der Waals surface area contributed by atoms with Gasteiger partial charge in [-0.1, -0.05) is 6.92 Å². The highest BCUT2D eigenvalue weighted by atomic mass is 32.1. The molecule has 0 bridgehead atoms. The Labute approximate surface area is 162 Å². The molecule has 0 atom stereocenters. The molecule has 3 rings (SSSR count). The van der Waals surface area contributed by atoms with E-state index in [-0.39, 0.29) is 6.04 Å². The number of aromatic nitrogens is 2. The van der Waals surface area contributed by atoms with Gasteiger partial charge in [-0.2, -0.15) is 9.97 Å². The summed E-state index contributed by atoms with van der Waals surface area (Å²) in [5, 5.41) is 6.97. The highest BCUT2D eigenvalue weighted by Gasteiger charge is 2.21. The summed E-state index contributed by atoms with van der Waals surface area (Å²) >= 11 is 5.40. The van der Waals surface area contributed by atoms with E-state index in [0.717, 1.165) is 43.7 Å². The molecule has 0 saturated carbocycles. The fourth-order valence-electron chi connectivity index (χ4n) is 3.56. The van der Waals surface area contributed by atoms with Crippen molar-refractivity contribution in [3.8, 4) is 0 Å². The first-order valence-electron chi connectivity index (χ1n) is 9.98. The van der Waals surface area contributed by atoms with Gasteiger partial charge in [0.2, 0.25) is 5.95 Å². The van der Waals surface area contributed by atoms with Gasteiger partial charge in [0, 0.05) is 38.3 Å². The molecule has 144 valence electrons. The number of nitrogens with zero attached hydrogens (tertiary/aromatic N) is 4. The molecular formula is C19H32N6S. The molecule has 6 nitrogen and oxygen atoms in total. The van der Waals surface area contributed by atoms with Crippen LogP contribution in [0.5, 0.6) is 0 Å². The zero-order chi connectivity index (χ0) is 18.5. The van der Waals surface area contributed by atoms with E-state index in [9.17, 15) is 0 Å². The Balaban J connectivity index is 1.82. The van der Waals surface area contributed by atoms with Gasteiger partial charge in [-0.15, -0.1) is 0 Å². The van der Waals surface area contributed by atoms with Gasteiger partial charge in [-0.05, 0) is 64.1 Å². The van der Waals surface area contributed by atoms with Crippen molar-refractivity contribution in [1.29, 1.82) is 0 Å². The predicted octanol–water partition coefficient (Wildman–Crippen LogP) is 3.40. The summed E-state index contributed by atoms with van der Waals surface area (Å²) in [4.78, 5) is 14.3. The van der Waals surface area contributed by atoms with Crippen LogP contribution in [0.3, 0.4) is 0 Å². The van der Waals surface area contributed by atoms with E-state index >= 15 is 0 Å². The summed E-state index contributed by atoms with van der Waals surface area (Å²) in [5.41, 5.74) is 0. The van der Waals surface area contributed by atoms with Crippen LogP contribution in [0.2, 0.25) is 0 Å². The van der Waals surface area contributed by atoms with Gasteiger partial charge < -0.3 is 20.4 Å². The van der Waals surface area contributed by atoms with Gasteiger partial charge in [0.15, 0.2) is 5.11 Å². The summed E-state index contributed by atoms with van der Waals surface area (Å²) < 4.78 is 0. The van der Waals surface area contributed by atoms with Gasteiger partial charge >= 0.3 is 0 Å². The number of thiocarbonyl (C=S) groups is 1. The lowest BCUT2D eigenvalue weighted by atomic mass is 9.99. The van der Waals surface area contributed by atoms with Crippen LogP contribution in [0.4, 0.5) is 17.6 Å². The van der Waals surface area contributed by atoms with Crippen LogP contribution in [-0.2, 0) is 0 Å². The van der Waals surface area contributed by atoms with E-state index in [1.165, 1.54) is 32.1 Å². The minimum atomic E-state index is 0.281. The van der Waals surface area contributed by atoms with Crippen LogP contribution in [0.25, 0.3) is 0 Å². The van der Waals surface area contributed by atoms with Crippen LogP contribution >= 0.6 is 12.2 Å². The normalized spacial score (nSPS) is 18.9. The number of nitrogens with one attached hydrogen (secondary N) is 2. The van der Waals surface area contributed by atoms with Crippen molar-refractivity contribution >= 4 is 34.9 Å². The Morgan fingerprint density at radius 3 is 2.19 bits per heavy atom. The molecule has 2 saturated heterocycles. The number of anilines is 3. The van der Waals surface area contributed by atoms with Crippen molar-refractivity contribution < 1.29 is 0 Å². The summed E-state index contributed by atoms with van der Waals surface area (Å²) in [6.45, 7) is 10.7. The lowest BCUT2D eigenvalue weighted by Gasteiger charge is -2.33. The number of piperidine rings is 2. The van der Waals surface area contributed by atoms with E-state index < -0.39 is 0 Å². The second-order valence-corrected chi connectivity index (χ2v) is 8.29. The molecule has 0 radical (unpaired) electrons. The van der Waals surface area contributed by atoms with E-state index in [0.29, 0.717) is 11.1 Å². The van der Waals surface area contributed by atoms with Crippen molar-refractivity contribution in [3.63, 3.8) is 0 Å². The fraction of sp³-hybridized carbons (Fsp3) is 0.737. The summed E-state index contributed by atoms with van der Waals surface area (Å²) in [7, 11) is 0. The van der Waals surface area contributed by atoms with E-state index in [1.807, 2.05) is 0 Å².